The van der Waals surface area contributed by atoms with Gasteiger partial charge in [0, 0.05) is 22.8 Å². The van der Waals surface area contributed by atoms with E-state index in [0.717, 1.165) is 18.7 Å². The van der Waals surface area contributed by atoms with Crippen molar-refractivity contribution in [1.82, 2.24) is 5.32 Å². The summed E-state index contributed by atoms with van der Waals surface area (Å²) in [4.78, 5) is 0. The third kappa shape index (κ3) is 6.23. The molecule has 10 heavy (non-hydrogen) atoms. The highest BCUT2D eigenvalue weighted by Crippen LogP contribution is 1.99. The smallest absolute Gasteiger partial charge is 0.0235 e. The molecular formula is C7H17NOS. The molecule has 1 N–H and O–H groups in total. The Morgan fingerprint density at radius 1 is 1.60 bits per heavy atom. The molecule has 0 saturated carbocycles. The van der Waals surface area contributed by atoms with Crippen LogP contribution in [0, 0.1) is 5.92 Å². The topological polar surface area (TPSA) is 29.1 Å². The first kappa shape index (κ1) is 10.1. The van der Waals surface area contributed by atoms with Crippen LogP contribution in [0.5, 0.6) is 0 Å². The first-order valence-electron chi connectivity index (χ1n) is 3.61. The minimum Gasteiger partial charge on any atom is -0.319 e. The van der Waals surface area contributed by atoms with E-state index in [1.54, 1.807) is 6.26 Å². The van der Waals surface area contributed by atoms with E-state index in [0.29, 0.717) is 5.92 Å². The molecule has 0 heterocycles. The molecule has 0 rings (SSSR count). The fourth-order valence-corrected chi connectivity index (χ4v) is 1.55. The van der Waals surface area contributed by atoms with Crippen LogP contribution in [0.1, 0.15) is 13.3 Å². The fourth-order valence-electron chi connectivity index (χ4n) is 0.818. The second-order valence-corrected chi connectivity index (χ2v) is 4.28. The van der Waals surface area contributed by atoms with E-state index < -0.39 is 10.8 Å². The van der Waals surface area contributed by atoms with Crippen LogP contribution in [0.3, 0.4) is 0 Å². The molecule has 0 bridgehead atoms. The summed E-state index contributed by atoms with van der Waals surface area (Å²) in [5, 5.41) is 3.09. The van der Waals surface area contributed by atoms with Crippen molar-refractivity contribution in [3.63, 3.8) is 0 Å². The minimum absolute atomic E-state index is 0.618. The van der Waals surface area contributed by atoms with Gasteiger partial charge in [0.15, 0.2) is 0 Å². The highest BCUT2D eigenvalue weighted by atomic mass is 32.2. The van der Waals surface area contributed by atoms with Gasteiger partial charge in [-0.25, -0.2) is 0 Å². The number of rotatable bonds is 5. The Bertz CT molecular complexity index is 106. The maximum Gasteiger partial charge on any atom is 0.0235 e. The summed E-state index contributed by atoms with van der Waals surface area (Å²) in [5.74, 6) is 1.48. The summed E-state index contributed by atoms with van der Waals surface area (Å²) in [7, 11) is 1.33. The van der Waals surface area contributed by atoms with Crippen molar-refractivity contribution in [3.8, 4) is 0 Å². The average molecular weight is 163 g/mol. The van der Waals surface area contributed by atoms with E-state index in [1.165, 1.54) is 0 Å². The van der Waals surface area contributed by atoms with E-state index in [9.17, 15) is 4.21 Å². The monoisotopic (exact) mass is 163 g/mol. The summed E-state index contributed by atoms with van der Waals surface area (Å²) in [6, 6.07) is 0. The second kappa shape index (κ2) is 5.86. The van der Waals surface area contributed by atoms with Crippen LogP contribution in [-0.4, -0.2) is 29.8 Å². The zero-order chi connectivity index (χ0) is 7.98. The Morgan fingerprint density at radius 3 is 2.60 bits per heavy atom. The van der Waals surface area contributed by atoms with E-state index in [4.69, 9.17) is 0 Å². The molecule has 3 heteroatoms. The zero-order valence-corrected chi connectivity index (χ0v) is 7.83. The Labute approximate surface area is 65.9 Å². The molecule has 62 valence electrons. The fraction of sp³-hybridized carbons (Fsp3) is 1.00. The molecule has 0 aliphatic rings. The summed E-state index contributed by atoms with van der Waals surface area (Å²) < 4.78 is 10.6. The lowest BCUT2D eigenvalue weighted by atomic mass is 10.1. The number of hydrogen-bond donors (Lipinski definition) is 1. The van der Waals surface area contributed by atoms with Crippen LogP contribution in [-0.2, 0) is 10.8 Å². The van der Waals surface area contributed by atoms with E-state index in [2.05, 4.69) is 12.2 Å². The normalized spacial score (nSPS) is 16.7. The number of nitrogens with one attached hydrogen (secondary N) is 1. The summed E-state index contributed by atoms with van der Waals surface area (Å²) in [6.45, 7) is 3.20. The molecule has 0 aromatic rings. The molecule has 0 aliphatic carbocycles. The third-order valence-corrected chi connectivity index (χ3v) is 2.26. The largest absolute Gasteiger partial charge is 0.319 e. The van der Waals surface area contributed by atoms with Gasteiger partial charge in [-0.05, 0) is 25.9 Å². The van der Waals surface area contributed by atoms with Crippen LogP contribution < -0.4 is 5.32 Å². The Morgan fingerprint density at radius 2 is 2.20 bits per heavy atom. The predicted molar refractivity (Wildman–Crippen MR) is 46.6 cm³/mol. The van der Waals surface area contributed by atoms with Crippen molar-refractivity contribution < 1.29 is 4.21 Å². The molecule has 0 aromatic carbocycles. The molecule has 0 aromatic heterocycles. The highest BCUT2D eigenvalue weighted by molar-refractivity contribution is 7.84. The lowest BCUT2D eigenvalue weighted by Crippen LogP contribution is -2.17. The molecule has 0 saturated heterocycles. The first-order valence-corrected chi connectivity index (χ1v) is 5.34. The molecule has 0 radical (unpaired) electrons. The van der Waals surface area contributed by atoms with Gasteiger partial charge >= 0.3 is 0 Å². The Balaban J connectivity index is 3.21. The van der Waals surface area contributed by atoms with Crippen molar-refractivity contribution in [2.45, 2.75) is 13.3 Å². The van der Waals surface area contributed by atoms with Gasteiger partial charge in [0.1, 0.15) is 0 Å². The van der Waals surface area contributed by atoms with Crippen molar-refractivity contribution in [2.24, 2.45) is 5.92 Å². The SMILES string of the molecule is CNCC(C)CCS(C)=O. The van der Waals surface area contributed by atoms with Gasteiger partial charge in [-0.3, -0.25) is 4.21 Å². The van der Waals surface area contributed by atoms with Gasteiger partial charge in [0.05, 0.1) is 0 Å². The molecule has 2 unspecified atom stereocenters. The summed E-state index contributed by atoms with van der Waals surface area (Å²) in [6.07, 6.45) is 2.82. The van der Waals surface area contributed by atoms with Crippen LogP contribution >= 0.6 is 0 Å². The lowest BCUT2D eigenvalue weighted by Gasteiger charge is -2.07. The van der Waals surface area contributed by atoms with Crippen molar-refractivity contribution in [2.75, 3.05) is 25.6 Å². The van der Waals surface area contributed by atoms with Crippen molar-refractivity contribution in [3.05, 3.63) is 0 Å². The van der Waals surface area contributed by atoms with Crippen LogP contribution in [0.25, 0.3) is 0 Å². The van der Waals surface area contributed by atoms with Gasteiger partial charge in [-0.2, -0.15) is 0 Å². The van der Waals surface area contributed by atoms with Crippen LogP contribution in [0.2, 0.25) is 0 Å². The highest BCUT2D eigenvalue weighted by Gasteiger charge is 2.00. The van der Waals surface area contributed by atoms with Crippen LogP contribution in [0.15, 0.2) is 0 Å². The molecule has 2 nitrogen and oxygen atoms in total. The summed E-state index contributed by atoms with van der Waals surface area (Å²) in [5.41, 5.74) is 0. The van der Waals surface area contributed by atoms with Gasteiger partial charge in [-0.1, -0.05) is 6.92 Å². The van der Waals surface area contributed by atoms with Gasteiger partial charge < -0.3 is 5.32 Å². The lowest BCUT2D eigenvalue weighted by molar-refractivity contribution is 0.529. The van der Waals surface area contributed by atoms with E-state index in [-0.39, 0.29) is 0 Å². The third-order valence-electron chi connectivity index (χ3n) is 1.45. The van der Waals surface area contributed by atoms with Crippen molar-refractivity contribution in [1.29, 1.82) is 0 Å². The minimum atomic E-state index is -0.618. The maximum absolute atomic E-state index is 10.6. The first-order chi connectivity index (χ1) is 4.66. The number of hydrogen-bond acceptors (Lipinski definition) is 2. The quantitative estimate of drug-likeness (QED) is 0.643. The predicted octanol–water partition coefficient (Wildman–Crippen LogP) is 0.611. The van der Waals surface area contributed by atoms with Crippen molar-refractivity contribution >= 4 is 10.8 Å². The van der Waals surface area contributed by atoms with E-state index in [1.807, 2.05) is 7.05 Å². The van der Waals surface area contributed by atoms with Crippen LogP contribution in [0.4, 0.5) is 0 Å². The molecule has 0 aliphatic heterocycles. The molecule has 0 fully saturated rings. The van der Waals surface area contributed by atoms with Gasteiger partial charge in [-0.15, -0.1) is 0 Å². The molecule has 2 atom stereocenters. The Kier molecular flexibility index (Phi) is 5.93. The Hall–Kier alpha value is 0.110. The molecular weight excluding hydrogens is 146 g/mol. The molecule has 0 spiro atoms. The van der Waals surface area contributed by atoms with Gasteiger partial charge in [0.2, 0.25) is 0 Å². The average Bonchev–Trinajstić information content (AvgIpc) is 1.85. The standard InChI is InChI=1S/C7H17NOS/c1-7(6-8-2)4-5-10(3)9/h7-8H,4-6H2,1-3H3. The molecule has 0 amide bonds. The van der Waals surface area contributed by atoms with E-state index >= 15 is 0 Å². The van der Waals surface area contributed by atoms with Gasteiger partial charge in [0.25, 0.3) is 0 Å². The second-order valence-electron chi connectivity index (χ2n) is 2.73. The zero-order valence-electron chi connectivity index (χ0n) is 7.02. The maximum atomic E-state index is 10.6. The summed E-state index contributed by atoms with van der Waals surface area (Å²) >= 11 is 0.